The lowest BCUT2D eigenvalue weighted by Gasteiger charge is -2.38. The van der Waals surface area contributed by atoms with Gasteiger partial charge in [-0.15, -0.1) is 0 Å². The van der Waals surface area contributed by atoms with Crippen molar-refractivity contribution < 1.29 is 9.53 Å². The number of rotatable bonds is 5. The van der Waals surface area contributed by atoms with Crippen molar-refractivity contribution in [3.05, 3.63) is 35.5 Å². The molecule has 0 spiro atoms. The van der Waals surface area contributed by atoms with Gasteiger partial charge in [0.05, 0.1) is 24.9 Å². The van der Waals surface area contributed by atoms with E-state index in [1.807, 2.05) is 31.2 Å². The van der Waals surface area contributed by atoms with Crippen LogP contribution in [0, 0.1) is 5.41 Å². The van der Waals surface area contributed by atoms with E-state index in [-0.39, 0.29) is 17.5 Å². The van der Waals surface area contributed by atoms with Crippen molar-refractivity contribution in [1.82, 2.24) is 20.2 Å². The molecule has 4 rings (SSSR count). The first kappa shape index (κ1) is 24.4. The summed E-state index contributed by atoms with van der Waals surface area (Å²) < 4.78 is 5.69. The number of amides is 2. The standard InChI is InChI=1S/C26H38N6O2/c1-6-27-25(33)28-20-9-7-19(8-10-20)23-29-22-15-31(17-26(3,4)5)12-11-21(22)24(30-23)32-13-14-34-16-18(32)2/h7-10,18H,6,11-17H2,1-5H3,(H2,27,28,33). The second kappa shape index (κ2) is 10.3. The molecule has 184 valence electrons. The van der Waals surface area contributed by atoms with Gasteiger partial charge in [0.25, 0.3) is 0 Å². The fourth-order valence-electron chi connectivity index (χ4n) is 4.72. The van der Waals surface area contributed by atoms with E-state index in [9.17, 15) is 4.79 Å². The quantitative estimate of drug-likeness (QED) is 0.695. The van der Waals surface area contributed by atoms with E-state index in [4.69, 9.17) is 14.7 Å². The molecule has 1 saturated heterocycles. The van der Waals surface area contributed by atoms with Crippen LogP contribution in [0.1, 0.15) is 45.9 Å². The van der Waals surface area contributed by atoms with Crippen LogP contribution >= 0.6 is 0 Å². The van der Waals surface area contributed by atoms with Crippen molar-refractivity contribution in [1.29, 1.82) is 0 Å². The number of ether oxygens (including phenoxy) is 1. The molecule has 3 heterocycles. The van der Waals surface area contributed by atoms with Crippen molar-refractivity contribution in [3.8, 4) is 11.4 Å². The molecule has 0 radical (unpaired) electrons. The predicted molar refractivity (Wildman–Crippen MR) is 136 cm³/mol. The number of carbonyl (C=O) groups excluding carboxylic acids is 1. The summed E-state index contributed by atoms with van der Waals surface area (Å²) in [6.07, 6.45) is 0.959. The van der Waals surface area contributed by atoms with Gasteiger partial charge in [0, 0.05) is 49.5 Å². The minimum absolute atomic E-state index is 0.206. The molecule has 2 aliphatic heterocycles. The minimum Gasteiger partial charge on any atom is -0.377 e. The second-order valence-corrected chi connectivity index (χ2v) is 10.5. The highest BCUT2D eigenvalue weighted by molar-refractivity contribution is 5.89. The van der Waals surface area contributed by atoms with Gasteiger partial charge in [-0.05, 0) is 49.9 Å². The SMILES string of the molecule is CCNC(=O)Nc1ccc(-c2nc3c(c(N4CCOCC4C)n2)CCN(CC(C)(C)C)C3)cc1. The monoisotopic (exact) mass is 466 g/mol. The van der Waals surface area contributed by atoms with Crippen LogP contribution in [0.25, 0.3) is 11.4 Å². The van der Waals surface area contributed by atoms with Crippen molar-refractivity contribution in [2.45, 2.75) is 53.6 Å². The highest BCUT2D eigenvalue weighted by Gasteiger charge is 2.30. The number of carbonyl (C=O) groups is 1. The predicted octanol–water partition coefficient (Wildman–Crippen LogP) is 3.91. The Balaban J connectivity index is 1.67. The van der Waals surface area contributed by atoms with Gasteiger partial charge in [-0.2, -0.15) is 0 Å². The summed E-state index contributed by atoms with van der Waals surface area (Å²) in [6.45, 7) is 16.7. The number of hydrogen-bond donors (Lipinski definition) is 2. The van der Waals surface area contributed by atoms with Crippen LogP contribution in [-0.2, 0) is 17.7 Å². The molecular formula is C26H38N6O2. The number of anilines is 2. The molecule has 1 unspecified atom stereocenters. The Labute approximate surface area is 203 Å². The Morgan fingerprint density at radius 1 is 1.18 bits per heavy atom. The summed E-state index contributed by atoms with van der Waals surface area (Å²) in [6, 6.07) is 7.82. The van der Waals surface area contributed by atoms with Gasteiger partial charge in [-0.25, -0.2) is 14.8 Å². The van der Waals surface area contributed by atoms with Gasteiger partial charge in [0.1, 0.15) is 5.82 Å². The first-order chi connectivity index (χ1) is 16.2. The number of nitrogens with one attached hydrogen (secondary N) is 2. The first-order valence-corrected chi connectivity index (χ1v) is 12.4. The maximum absolute atomic E-state index is 11.8. The molecule has 1 fully saturated rings. The molecule has 8 nitrogen and oxygen atoms in total. The number of fused-ring (bicyclic) bond motifs is 1. The van der Waals surface area contributed by atoms with E-state index in [0.717, 1.165) is 67.8 Å². The molecule has 0 aliphatic carbocycles. The van der Waals surface area contributed by atoms with Crippen molar-refractivity contribution in [2.75, 3.05) is 49.6 Å². The highest BCUT2D eigenvalue weighted by atomic mass is 16.5. The van der Waals surface area contributed by atoms with Gasteiger partial charge >= 0.3 is 6.03 Å². The van der Waals surface area contributed by atoms with Crippen LogP contribution in [0.2, 0.25) is 0 Å². The number of nitrogens with zero attached hydrogens (tertiary/aromatic N) is 4. The molecule has 2 N–H and O–H groups in total. The molecule has 2 aromatic rings. The number of aromatic nitrogens is 2. The molecule has 2 aliphatic rings. The molecule has 0 bridgehead atoms. The third-order valence-corrected chi connectivity index (χ3v) is 6.20. The largest absolute Gasteiger partial charge is 0.377 e. The molecular weight excluding hydrogens is 428 g/mol. The third kappa shape index (κ3) is 5.85. The summed E-state index contributed by atoms with van der Waals surface area (Å²) in [5.74, 6) is 1.78. The van der Waals surface area contributed by atoms with Gasteiger partial charge < -0.3 is 20.3 Å². The fraction of sp³-hybridized carbons (Fsp3) is 0.577. The second-order valence-electron chi connectivity index (χ2n) is 10.5. The maximum Gasteiger partial charge on any atom is 0.319 e. The van der Waals surface area contributed by atoms with Crippen molar-refractivity contribution in [3.63, 3.8) is 0 Å². The van der Waals surface area contributed by atoms with Crippen LogP contribution in [0.5, 0.6) is 0 Å². The van der Waals surface area contributed by atoms with Crippen LogP contribution < -0.4 is 15.5 Å². The van der Waals surface area contributed by atoms with Crippen LogP contribution in [-0.4, -0.2) is 66.3 Å². The van der Waals surface area contributed by atoms with E-state index in [2.05, 4.69) is 48.1 Å². The Kier molecular flexibility index (Phi) is 7.38. The zero-order valence-electron chi connectivity index (χ0n) is 21.1. The highest BCUT2D eigenvalue weighted by Crippen LogP contribution is 2.32. The number of benzene rings is 1. The lowest BCUT2D eigenvalue weighted by atomic mass is 9.94. The first-order valence-electron chi connectivity index (χ1n) is 12.4. The summed E-state index contributed by atoms with van der Waals surface area (Å²) >= 11 is 0. The van der Waals surface area contributed by atoms with Crippen LogP contribution in [0.15, 0.2) is 24.3 Å². The van der Waals surface area contributed by atoms with E-state index in [1.165, 1.54) is 5.56 Å². The fourth-order valence-corrected chi connectivity index (χ4v) is 4.72. The summed E-state index contributed by atoms with van der Waals surface area (Å²) in [4.78, 5) is 26.9. The van der Waals surface area contributed by atoms with E-state index >= 15 is 0 Å². The number of morpholine rings is 1. The van der Waals surface area contributed by atoms with E-state index in [1.54, 1.807) is 0 Å². The third-order valence-electron chi connectivity index (χ3n) is 6.20. The number of hydrogen-bond acceptors (Lipinski definition) is 6. The normalized spacial score (nSPS) is 19.0. The van der Waals surface area contributed by atoms with Gasteiger partial charge in [0.15, 0.2) is 5.82 Å². The summed E-state index contributed by atoms with van der Waals surface area (Å²) in [5.41, 5.74) is 4.32. The van der Waals surface area contributed by atoms with Crippen molar-refractivity contribution >= 4 is 17.5 Å². The zero-order valence-corrected chi connectivity index (χ0v) is 21.1. The van der Waals surface area contributed by atoms with Crippen LogP contribution in [0.3, 0.4) is 0 Å². The average Bonchev–Trinajstić information content (AvgIpc) is 2.78. The molecule has 1 aromatic heterocycles. The zero-order chi connectivity index (χ0) is 24.3. The van der Waals surface area contributed by atoms with E-state index in [0.29, 0.717) is 13.2 Å². The Morgan fingerprint density at radius 3 is 2.62 bits per heavy atom. The van der Waals surface area contributed by atoms with Gasteiger partial charge in [-0.3, -0.25) is 4.90 Å². The maximum atomic E-state index is 11.8. The minimum atomic E-state index is -0.206. The van der Waals surface area contributed by atoms with Gasteiger partial charge in [-0.1, -0.05) is 20.8 Å². The topological polar surface area (TPSA) is 82.6 Å². The average molecular weight is 467 g/mol. The summed E-state index contributed by atoms with van der Waals surface area (Å²) in [5, 5.41) is 5.60. The lowest BCUT2D eigenvalue weighted by molar-refractivity contribution is 0.0982. The van der Waals surface area contributed by atoms with E-state index < -0.39 is 0 Å². The van der Waals surface area contributed by atoms with Crippen molar-refractivity contribution in [2.24, 2.45) is 5.41 Å². The Bertz CT molecular complexity index is 1000. The summed E-state index contributed by atoms with van der Waals surface area (Å²) in [7, 11) is 0. The Morgan fingerprint density at radius 2 is 1.94 bits per heavy atom. The smallest absolute Gasteiger partial charge is 0.319 e. The molecule has 1 atom stereocenters. The molecule has 2 amide bonds. The van der Waals surface area contributed by atoms with Gasteiger partial charge in [0.2, 0.25) is 0 Å². The molecule has 8 heteroatoms. The number of urea groups is 1. The Hall–Kier alpha value is -2.71. The lowest BCUT2D eigenvalue weighted by Crippen LogP contribution is -2.45. The molecule has 1 aromatic carbocycles. The molecule has 34 heavy (non-hydrogen) atoms. The molecule has 0 saturated carbocycles. The van der Waals surface area contributed by atoms with Crippen LogP contribution in [0.4, 0.5) is 16.3 Å².